The van der Waals surface area contributed by atoms with Crippen LogP contribution in [0.3, 0.4) is 0 Å². The van der Waals surface area contributed by atoms with Crippen molar-refractivity contribution in [1.82, 2.24) is 4.98 Å². The maximum atomic E-state index is 12.7. The number of benzene rings is 2. The molecule has 0 unspecified atom stereocenters. The van der Waals surface area contributed by atoms with Crippen molar-refractivity contribution in [2.24, 2.45) is 0 Å². The van der Waals surface area contributed by atoms with Gasteiger partial charge in [0.25, 0.3) is 5.91 Å². The van der Waals surface area contributed by atoms with Gasteiger partial charge in [-0.1, -0.05) is 35.6 Å². The number of aromatic nitrogens is 1. The number of nitrogens with zero attached hydrogens (tertiary/aromatic N) is 1. The Bertz CT molecular complexity index is 1020. The van der Waals surface area contributed by atoms with E-state index in [2.05, 4.69) is 20.9 Å². The fraction of sp³-hybridized carbons (Fsp3) is 0.150. The molecule has 2 aromatic carbocycles. The molecule has 3 aromatic rings. The first kappa shape index (κ1) is 19.9. The first-order valence-electron chi connectivity index (χ1n) is 8.52. The Balaban J connectivity index is 1.68. The summed E-state index contributed by atoms with van der Waals surface area (Å²) in [7, 11) is 0. The SMILES string of the molecule is CSc1ccccc1NC(=O)c1sc(NC(=O)Nc2cccc(C)c2)nc1C. The van der Waals surface area contributed by atoms with Gasteiger partial charge in [0.1, 0.15) is 4.88 Å². The molecule has 0 atom stereocenters. The number of aryl methyl sites for hydroxylation is 2. The summed E-state index contributed by atoms with van der Waals surface area (Å²) >= 11 is 2.70. The number of para-hydroxylation sites is 1. The van der Waals surface area contributed by atoms with Gasteiger partial charge in [-0.3, -0.25) is 10.1 Å². The van der Waals surface area contributed by atoms with Crippen molar-refractivity contribution in [1.29, 1.82) is 0 Å². The zero-order chi connectivity index (χ0) is 20.1. The van der Waals surface area contributed by atoms with Gasteiger partial charge in [-0.2, -0.15) is 0 Å². The molecule has 3 N–H and O–H groups in total. The molecule has 3 amide bonds. The lowest BCUT2D eigenvalue weighted by Gasteiger charge is -2.08. The lowest BCUT2D eigenvalue weighted by Crippen LogP contribution is -2.19. The highest BCUT2D eigenvalue weighted by Crippen LogP contribution is 2.28. The van der Waals surface area contributed by atoms with Crippen LogP contribution in [0.25, 0.3) is 0 Å². The topological polar surface area (TPSA) is 83.1 Å². The molecular formula is C20H20N4O2S2. The number of hydrogen-bond acceptors (Lipinski definition) is 5. The number of thiazole rings is 1. The van der Waals surface area contributed by atoms with Crippen LogP contribution >= 0.6 is 23.1 Å². The fourth-order valence-electron chi connectivity index (χ4n) is 2.57. The summed E-state index contributed by atoms with van der Waals surface area (Å²) in [5, 5.41) is 8.72. The largest absolute Gasteiger partial charge is 0.325 e. The van der Waals surface area contributed by atoms with Crippen LogP contribution in [0, 0.1) is 13.8 Å². The van der Waals surface area contributed by atoms with Gasteiger partial charge in [0, 0.05) is 10.6 Å². The molecule has 0 aliphatic rings. The second-order valence-corrected chi connectivity index (χ2v) is 7.88. The van der Waals surface area contributed by atoms with Gasteiger partial charge in [-0.15, -0.1) is 11.8 Å². The number of hydrogen-bond donors (Lipinski definition) is 3. The van der Waals surface area contributed by atoms with Crippen LogP contribution < -0.4 is 16.0 Å². The van der Waals surface area contributed by atoms with Crippen LogP contribution in [0.4, 0.5) is 21.3 Å². The molecule has 3 rings (SSSR count). The highest BCUT2D eigenvalue weighted by molar-refractivity contribution is 7.98. The van der Waals surface area contributed by atoms with E-state index >= 15 is 0 Å². The van der Waals surface area contributed by atoms with E-state index in [1.165, 1.54) is 0 Å². The minimum Gasteiger partial charge on any atom is -0.320 e. The standard InChI is InChI=1S/C20H20N4O2S2/c1-12-7-6-8-14(11-12)22-19(26)24-20-21-13(2)17(28-20)18(25)23-15-9-4-5-10-16(15)27-3/h4-11H,1-3H3,(H,23,25)(H2,21,22,24,26). The van der Waals surface area contributed by atoms with Crippen LogP contribution in [0.1, 0.15) is 20.9 Å². The van der Waals surface area contributed by atoms with Crippen molar-refractivity contribution in [3.63, 3.8) is 0 Å². The number of carbonyl (C=O) groups is 2. The van der Waals surface area contributed by atoms with Gasteiger partial charge < -0.3 is 10.6 Å². The van der Waals surface area contributed by atoms with E-state index in [4.69, 9.17) is 0 Å². The van der Waals surface area contributed by atoms with Crippen LogP contribution in [-0.2, 0) is 0 Å². The Hall–Kier alpha value is -2.84. The lowest BCUT2D eigenvalue weighted by atomic mass is 10.2. The number of amides is 3. The molecule has 28 heavy (non-hydrogen) atoms. The normalized spacial score (nSPS) is 10.4. The molecule has 0 aliphatic heterocycles. The Morgan fingerprint density at radius 2 is 1.79 bits per heavy atom. The highest BCUT2D eigenvalue weighted by Gasteiger charge is 2.17. The summed E-state index contributed by atoms with van der Waals surface area (Å²) in [5.41, 5.74) is 3.05. The molecule has 0 bridgehead atoms. The summed E-state index contributed by atoms with van der Waals surface area (Å²) in [6.07, 6.45) is 1.96. The third-order valence-electron chi connectivity index (χ3n) is 3.85. The van der Waals surface area contributed by atoms with E-state index < -0.39 is 6.03 Å². The highest BCUT2D eigenvalue weighted by atomic mass is 32.2. The van der Waals surface area contributed by atoms with Crippen molar-refractivity contribution in [2.45, 2.75) is 18.7 Å². The zero-order valence-electron chi connectivity index (χ0n) is 15.7. The number of thioether (sulfide) groups is 1. The van der Waals surface area contributed by atoms with Crippen LogP contribution in [0.15, 0.2) is 53.4 Å². The van der Waals surface area contributed by atoms with E-state index in [0.29, 0.717) is 21.4 Å². The monoisotopic (exact) mass is 412 g/mol. The Kier molecular flexibility index (Phi) is 6.33. The van der Waals surface area contributed by atoms with Gasteiger partial charge in [0.05, 0.1) is 11.4 Å². The van der Waals surface area contributed by atoms with Gasteiger partial charge in [0.15, 0.2) is 5.13 Å². The van der Waals surface area contributed by atoms with Crippen LogP contribution in [0.5, 0.6) is 0 Å². The second-order valence-electron chi connectivity index (χ2n) is 6.04. The summed E-state index contributed by atoms with van der Waals surface area (Å²) < 4.78 is 0. The molecule has 0 saturated heterocycles. The van der Waals surface area contributed by atoms with Crippen molar-refractivity contribution in [2.75, 3.05) is 22.2 Å². The van der Waals surface area contributed by atoms with E-state index in [-0.39, 0.29) is 5.91 Å². The molecule has 0 spiro atoms. The number of nitrogens with one attached hydrogen (secondary N) is 3. The van der Waals surface area contributed by atoms with Crippen LogP contribution in [-0.4, -0.2) is 23.2 Å². The van der Waals surface area contributed by atoms with Crippen molar-refractivity contribution < 1.29 is 9.59 Å². The Labute approximate surface area is 171 Å². The average Bonchev–Trinajstić information content (AvgIpc) is 3.02. The summed E-state index contributed by atoms with van der Waals surface area (Å²) in [5.74, 6) is -0.247. The molecule has 0 saturated carbocycles. The molecule has 6 nitrogen and oxygen atoms in total. The summed E-state index contributed by atoms with van der Waals surface area (Å²) in [6.45, 7) is 3.70. The van der Waals surface area contributed by atoms with Gasteiger partial charge in [-0.25, -0.2) is 9.78 Å². The van der Waals surface area contributed by atoms with Gasteiger partial charge in [0.2, 0.25) is 0 Å². The predicted octanol–water partition coefficient (Wildman–Crippen LogP) is 5.38. The van der Waals surface area contributed by atoms with E-state index in [9.17, 15) is 9.59 Å². The first-order chi connectivity index (χ1) is 13.5. The molecule has 1 heterocycles. The maximum Gasteiger partial charge on any atom is 0.325 e. The van der Waals surface area contributed by atoms with Gasteiger partial charge >= 0.3 is 6.03 Å². The average molecular weight is 413 g/mol. The molecule has 144 valence electrons. The third kappa shape index (κ3) is 4.90. The minimum atomic E-state index is -0.404. The number of carbonyl (C=O) groups excluding carboxylic acids is 2. The number of anilines is 3. The van der Waals surface area contributed by atoms with Gasteiger partial charge in [-0.05, 0) is 49.9 Å². The van der Waals surface area contributed by atoms with Crippen LogP contribution in [0.2, 0.25) is 0 Å². The minimum absolute atomic E-state index is 0.247. The summed E-state index contributed by atoms with van der Waals surface area (Å²) in [4.78, 5) is 30.6. The van der Waals surface area contributed by atoms with E-state index in [1.54, 1.807) is 18.7 Å². The Morgan fingerprint density at radius 1 is 1.00 bits per heavy atom. The zero-order valence-corrected chi connectivity index (χ0v) is 17.3. The number of rotatable bonds is 5. The lowest BCUT2D eigenvalue weighted by molar-refractivity contribution is 0.102. The fourth-order valence-corrected chi connectivity index (χ4v) is 3.98. The smallest absolute Gasteiger partial charge is 0.320 e. The molecule has 1 aromatic heterocycles. The molecule has 0 fully saturated rings. The summed E-state index contributed by atoms with van der Waals surface area (Å²) in [6, 6.07) is 14.7. The van der Waals surface area contributed by atoms with E-state index in [0.717, 1.165) is 27.5 Å². The second kappa shape index (κ2) is 8.90. The Morgan fingerprint density at radius 3 is 2.54 bits per heavy atom. The molecular weight excluding hydrogens is 392 g/mol. The quantitative estimate of drug-likeness (QED) is 0.492. The van der Waals surface area contributed by atoms with Crippen molar-refractivity contribution in [3.8, 4) is 0 Å². The third-order valence-corrected chi connectivity index (χ3v) is 5.72. The molecule has 8 heteroatoms. The van der Waals surface area contributed by atoms with E-state index in [1.807, 2.05) is 61.7 Å². The van der Waals surface area contributed by atoms with Crippen molar-refractivity contribution >= 4 is 51.5 Å². The number of urea groups is 1. The van der Waals surface area contributed by atoms with Crippen molar-refractivity contribution in [3.05, 3.63) is 64.7 Å². The molecule has 0 aliphatic carbocycles. The maximum absolute atomic E-state index is 12.7. The molecule has 0 radical (unpaired) electrons. The predicted molar refractivity (Wildman–Crippen MR) is 117 cm³/mol. The first-order valence-corrected chi connectivity index (χ1v) is 10.6.